The minimum atomic E-state index is -3.74. The van der Waals surface area contributed by atoms with Crippen molar-refractivity contribution >= 4 is 20.2 Å². The van der Waals surface area contributed by atoms with Crippen LogP contribution in [0.3, 0.4) is 0 Å². The Labute approximate surface area is 248 Å². The Morgan fingerprint density at radius 2 is 1.27 bits per heavy atom. The van der Waals surface area contributed by atoms with Crippen molar-refractivity contribution < 1.29 is 21.6 Å². The number of rotatable bonds is 7. The van der Waals surface area contributed by atoms with Crippen LogP contribution < -0.4 is 4.74 Å². The van der Waals surface area contributed by atoms with Crippen molar-refractivity contribution in [2.24, 2.45) is 11.3 Å². The third-order valence-electron chi connectivity index (χ3n) is 9.65. The van der Waals surface area contributed by atoms with Gasteiger partial charge in [-0.2, -0.15) is 21.3 Å². The fraction of sp³-hybridized carbons (Fsp3) is 0.800. The van der Waals surface area contributed by atoms with Crippen LogP contribution in [0.2, 0.25) is 0 Å². The van der Waals surface area contributed by atoms with Gasteiger partial charge in [0.1, 0.15) is 5.75 Å². The Morgan fingerprint density at radius 1 is 0.707 bits per heavy atom. The molecule has 4 fully saturated rings. The molecule has 0 N–H and O–H groups in total. The lowest BCUT2D eigenvalue weighted by molar-refractivity contribution is 0.174. The van der Waals surface area contributed by atoms with Gasteiger partial charge >= 0.3 is 0 Å². The van der Waals surface area contributed by atoms with Crippen molar-refractivity contribution in [2.45, 2.75) is 81.9 Å². The molecule has 11 heteroatoms. The van der Waals surface area contributed by atoms with Crippen molar-refractivity contribution in [3.63, 3.8) is 0 Å². The summed E-state index contributed by atoms with van der Waals surface area (Å²) in [6, 6.07) is 6.61. The van der Waals surface area contributed by atoms with E-state index in [9.17, 15) is 16.8 Å². The Morgan fingerprint density at radius 3 is 1.88 bits per heavy atom. The van der Waals surface area contributed by atoms with Gasteiger partial charge in [-0.15, -0.1) is 0 Å². The van der Waals surface area contributed by atoms with E-state index >= 15 is 0 Å². The van der Waals surface area contributed by atoms with E-state index in [0.717, 1.165) is 64.6 Å². The number of benzene rings is 1. The third-order valence-corrected chi connectivity index (χ3v) is 13.5. The van der Waals surface area contributed by atoms with E-state index in [1.54, 1.807) is 44.3 Å². The summed E-state index contributed by atoms with van der Waals surface area (Å²) < 4.78 is 66.1. The summed E-state index contributed by atoms with van der Waals surface area (Å²) in [6.07, 6.45) is 12.6. The van der Waals surface area contributed by atoms with Crippen LogP contribution in [0, 0.1) is 11.3 Å². The first-order chi connectivity index (χ1) is 19.7. The minimum Gasteiger partial charge on any atom is -0.497 e. The second-order valence-electron chi connectivity index (χ2n) is 12.8. The quantitative estimate of drug-likeness (QED) is 0.460. The average molecular weight is 611 g/mol. The molecule has 0 atom stereocenters. The molecular formula is C30H50N4O5S2. The van der Waals surface area contributed by atoms with Crippen LogP contribution in [0.5, 0.6) is 5.75 Å². The van der Waals surface area contributed by atoms with Crippen molar-refractivity contribution in [1.82, 2.24) is 17.8 Å². The summed E-state index contributed by atoms with van der Waals surface area (Å²) >= 11 is 0. The molecule has 1 spiro atoms. The van der Waals surface area contributed by atoms with E-state index in [4.69, 9.17) is 4.74 Å². The fourth-order valence-electron chi connectivity index (χ4n) is 6.98. The van der Waals surface area contributed by atoms with Gasteiger partial charge in [0.05, 0.1) is 12.0 Å². The summed E-state index contributed by atoms with van der Waals surface area (Å²) in [7, 11) is -5.77. The van der Waals surface area contributed by atoms with E-state index in [-0.39, 0.29) is 10.3 Å². The number of nitrogens with zero attached hydrogens (tertiary/aromatic N) is 4. The zero-order chi connectivity index (χ0) is 28.9. The van der Waals surface area contributed by atoms with Crippen molar-refractivity contribution in [3.8, 4) is 5.75 Å². The van der Waals surface area contributed by atoms with Gasteiger partial charge in [0.2, 0.25) is 10.0 Å². The van der Waals surface area contributed by atoms with Gasteiger partial charge in [0.15, 0.2) is 0 Å². The number of piperidine rings is 1. The topological polar surface area (TPSA) is 90.5 Å². The number of hydrogen-bond acceptors (Lipinski definition) is 6. The van der Waals surface area contributed by atoms with Crippen LogP contribution >= 0.6 is 0 Å². The molecule has 1 aromatic rings. The number of methoxy groups -OCH3 is 1. The Bertz CT molecular complexity index is 1190. The maximum Gasteiger partial charge on any atom is 0.281 e. The standard InChI is InChI=1S/C30H50N4O5S2/c1-39-28-12-14-29(15-13-28)40(35,36)33-22-8-18-31(24-27-10-4-2-5-11-27)19-9-23-34(26-30(25-33)16-17-30)41(37,38)32-20-6-3-7-21-32/h12-15,27H,2-11,16-26H2,1H3. The Hall–Kier alpha value is -1.24. The first kappa shape index (κ1) is 31.2. The van der Waals surface area contributed by atoms with E-state index < -0.39 is 20.2 Å². The molecule has 0 radical (unpaired) electrons. The Balaban J connectivity index is 1.40. The van der Waals surface area contributed by atoms with E-state index in [1.165, 1.54) is 32.1 Å². The molecule has 2 aliphatic heterocycles. The van der Waals surface area contributed by atoms with Gasteiger partial charge in [-0.3, -0.25) is 0 Å². The van der Waals surface area contributed by atoms with Gasteiger partial charge in [0.25, 0.3) is 10.2 Å². The highest BCUT2D eigenvalue weighted by Gasteiger charge is 2.49. The fourth-order valence-corrected chi connectivity index (χ4v) is 10.4. The molecule has 1 aromatic carbocycles. The smallest absolute Gasteiger partial charge is 0.281 e. The number of sulfonamides is 1. The zero-order valence-corrected chi connectivity index (χ0v) is 26.5. The minimum absolute atomic E-state index is 0.262. The van der Waals surface area contributed by atoms with Gasteiger partial charge in [0, 0.05) is 45.8 Å². The van der Waals surface area contributed by atoms with E-state index in [0.29, 0.717) is 50.9 Å². The average Bonchev–Trinajstić information content (AvgIpc) is 3.75. The van der Waals surface area contributed by atoms with Crippen molar-refractivity contribution in [1.29, 1.82) is 0 Å². The molecule has 2 heterocycles. The number of ether oxygens (including phenoxy) is 1. The number of hydrogen-bond donors (Lipinski definition) is 0. The molecule has 232 valence electrons. The molecule has 0 aromatic heterocycles. The van der Waals surface area contributed by atoms with Gasteiger partial charge in [-0.1, -0.05) is 25.7 Å². The summed E-state index contributed by atoms with van der Waals surface area (Å²) in [5.41, 5.74) is -0.330. The summed E-state index contributed by atoms with van der Waals surface area (Å²) in [4.78, 5) is 2.74. The van der Waals surface area contributed by atoms with Gasteiger partial charge in [-0.05, 0) is 100 Å². The van der Waals surface area contributed by atoms with Crippen LogP contribution in [0.15, 0.2) is 29.2 Å². The maximum atomic E-state index is 14.0. The molecule has 2 saturated heterocycles. The first-order valence-electron chi connectivity index (χ1n) is 15.8. The highest BCUT2D eigenvalue weighted by molar-refractivity contribution is 7.89. The van der Waals surface area contributed by atoms with Crippen LogP contribution in [0.1, 0.15) is 77.0 Å². The maximum absolute atomic E-state index is 14.0. The van der Waals surface area contributed by atoms with Crippen LogP contribution in [0.4, 0.5) is 0 Å². The second kappa shape index (κ2) is 13.6. The van der Waals surface area contributed by atoms with E-state index in [1.807, 2.05) is 0 Å². The Kier molecular flexibility index (Phi) is 10.3. The molecule has 0 unspecified atom stereocenters. The SMILES string of the molecule is COc1ccc(S(=O)(=O)N2CCCN(CC3CCCCC3)CCCN(S(=O)(=O)N3CCCCC3)CC3(CC3)C2)cc1. The lowest BCUT2D eigenvalue weighted by Crippen LogP contribution is -2.50. The molecule has 2 saturated carbocycles. The molecule has 4 aliphatic rings. The molecule has 9 nitrogen and oxygen atoms in total. The van der Waals surface area contributed by atoms with Crippen LogP contribution in [-0.2, 0) is 20.2 Å². The summed E-state index contributed by atoms with van der Waals surface area (Å²) in [5.74, 6) is 1.30. The van der Waals surface area contributed by atoms with Crippen molar-refractivity contribution in [3.05, 3.63) is 24.3 Å². The van der Waals surface area contributed by atoms with Crippen LogP contribution in [-0.4, -0.2) is 101 Å². The lowest BCUT2D eigenvalue weighted by atomic mass is 9.89. The summed E-state index contributed by atoms with van der Waals surface area (Å²) in [6.45, 7) is 5.54. The molecule has 5 rings (SSSR count). The molecule has 0 amide bonds. The van der Waals surface area contributed by atoms with Gasteiger partial charge in [-0.25, -0.2) is 8.42 Å². The highest BCUT2D eigenvalue weighted by Crippen LogP contribution is 2.48. The normalized spacial score (nSPS) is 25.4. The van der Waals surface area contributed by atoms with Crippen molar-refractivity contribution in [2.75, 3.05) is 66.0 Å². The predicted molar refractivity (Wildman–Crippen MR) is 162 cm³/mol. The van der Waals surface area contributed by atoms with Crippen LogP contribution in [0.25, 0.3) is 0 Å². The third kappa shape index (κ3) is 7.84. The molecule has 0 bridgehead atoms. The van der Waals surface area contributed by atoms with E-state index in [2.05, 4.69) is 4.90 Å². The largest absolute Gasteiger partial charge is 0.497 e. The molecule has 41 heavy (non-hydrogen) atoms. The molecular weight excluding hydrogens is 560 g/mol. The zero-order valence-electron chi connectivity index (χ0n) is 24.9. The monoisotopic (exact) mass is 610 g/mol. The predicted octanol–water partition coefficient (Wildman–Crippen LogP) is 4.17. The van der Waals surface area contributed by atoms with Gasteiger partial charge < -0.3 is 9.64 Å². The first-order valence-corrected chi connectivity index (χ1v) is 18.7. The second-order valence-corrected chi connectivity index (χ2v) is 16.7. The molecule has 2 aliphatic carbocycles. The highest BCUT2D eigenvalue weighted by atomic mass is 32.2. The lowest BCUT2D eigenvalue weighted by Gasteiger charge is -2.37. The summed E-state index contributed by atoms with van der Waals surface area (Å²) in [5, 5.41) is 0.